The number of fused-ring (bicyclic) bond motifs is 1. The third kappa shape index (κ3) is 3.18. The molecule has 2 aromatic rings. The van der Waals surface area contributed by atoms with Gasteiger partial charge in [0, 0.05) is 21.8 Å². The van der Waals surface area contributed by atoms with Crippen LogP contribution in [0.15, 0.2) is 48.9 Å². The Morgan fingerprint density at radius 3 is 2.60 bits per heavy atom. The van der Waals surface area contributed by atoms with E-state index in [0.29, 0.717) is 11.3 Å². The van der Waals surface area contributed by atoms with Crippen molar-refractivity contribution in [2.75, 3.05) is 10.2 Å². The normalized spacial score (nSPS) is 16.0. The number of aromatic nitrogens is 1. The molecule has 1 atom stereocenters. The molecule has 0 saturated carbocycles. The number of allylic oxidation sites excluding steroid dienone is 1. The van der Waals surface area contributed by atoms with E-state index in [0.717, 1.165) is 4.90 Å². The van der Waals surface area contributed by atoms with Crippen LogP contribution in [0.2, 0.25) is 10.0 Å². The summed E-state index contributed by atoms with van der Waals surface area (Å²) < 4.78 is 5.11. The molecule has 0 saturated heterocycles. The van der Waals surface area contributed by atoms with Crippen LogP contribution in [0.4, 0.5) is 16.3 Å². The first-order valence-corrected chi connectivity index (χ1v) is 8.02. The first kappa shape index (κ1) is 17.3. The van der Waals surface area contributed by atoms with Gasteiger partial charge in [0.05, 0.1) is 11.4 Å². The summed E-state index contributed by atoms with van der Waals surface area (Å²) in [5.41, 5.74) is 0.670. The van der Waals surface area contributed by atoms with Gasteiger partial charge in [0.25, 0.3) is 5.91 Å². The summed E-state index contributed by atoms with van der Waals surface area (Å²) >= 11 is 12.5. The quantitative estimate of drug-likeness (QED) is 0.778. The van der Waals surface area contributed by atoms with E-state index >= 15 is 0 Å². The number of rotatable bonds is 2. The lowest BCUT2D eigenvalue weighted by molar-refractivity contribution is -0.117. The minimum Gasteiger partial charge on any atom is -0.415 e. The van der Waals surface area contributed by atoms with Crippen molar-refractivity contribution in [3.05, 3.63) is 64.5 Å². The predicted octanol–water partition coefficient (Wildman–Crippen LogP) is 4.56. The van der Waals surface area contributed by atoms with E-state index in [4.69, 9.17) is 27.9 Å². The molecule has 3 rings (SSSR count). The van der Waals surface area contributed by atoms with E-state index in [1.54, 1.807) is 30.3 Å². The van der Waals surface area contributed by atoms with E-state index in [1.807, 2.05) is 0 Å². The molecule has 1 aromatic heterocycles. The van der Waals surface area contributed by atoms with Crippen LogP contribution in [0.5, 0.6) is 0 Å². The van der Waals surface area contributed by atoms with Crippen LogP contribution in [-0.2, 0) is 9.53 Å². The van der Waals surface area contributed by atoms with Gasteiger partial charge in [-0.15, -0.1) is 0 Å². The molecule has 1 N–H and O–H groups in total. The van der Waals surface area contributed by atoms with Crippen LogP contribution in [-0.4, -0.2) is 17.0 Å². The molecular formula is C17H13Cl2N3O3. The number of benzene rings is 1. The van der Waals surface area contributed by atoms with Crippen molar-refractivity contribution in [1.29, 1.82) is 0 Å². The Labute approximate surface area is 154 Å². The molecule has 25 heavy (non-hydrogen) atoms. The van der Waals surface area contributed by atoms with Gasteiger partial charge in [-0.25, -0.2) is 14.7 Å². The Hall–Kier alpha value is -2.57. The molecule has 0 spiro atoms. The number of carbonyl (C=O) groups excluding carboxylic acids is 2. The lowest BCUT2D eigenvalue weighted by atomic mass is 10.0. The number of carbonyl (C=O) groups is 2. The summed E-state index contributed by atoms with van der Waals surface area (Å²) in [4.78, 5) is 30.7. The SMILES string of the molecule is C=C(C)OC(=O)N1c2ncccc2NC(=O)C1c1c(Cl)cccc1Cl. The van der Waals surface area contributed by atoms with Gasteiger partial charge in [0.1, 0.15) is 6.04 Å². The fraction of sp³-hybridized carbons (Fsp3) is 0.118. The molecule has 128 valence electrons. The van der Waals surface area contributed by atoms with E-state index in [9.17, 15) is 9.59 Å². The van der Waals surface area contributed by atoms with E-state index in [1.165, 1.54) is 13.1 Å². The highest BCUT2D eigenvalue weighted by molar-refractivity contribution is 6.37. The van der Waals surface area contributed by atoms with Crippen LogP contribution in [0.3, 0.4) is 0 Å². The number of hydrogen-bond donors (Lipinski definition) is 1. The maximum absolute atomic E-state index is 12.7. The average molecular weight is 378 g/mol. The summed E-state index contributed by atoms with van der Waals surface area (Å²) in [7, 11) is 0. The topological polar surface area (TPSA) is 71.5 Å². The number of nitrogens with one attached hydrogen (secondary N) is 1. The second-order valence-corrected chi connectivity index (χ2v) is 6.16. The molecule has 1 aliphatic rings. The van der Waals surface area contributed by atoms with Crippen molar-refractivity contribution in [2.24, 2.45) is 0 Å². The highest BCUT2D eigenvalue weighted by Crippen LogP contribution is 2.41. The van der Waals surface area contributed by atoms with E-state index in [-0.39, 0.29) is 21.6 Å². The summed E-state index contributed by atoms with van der Waals surface area (Å²) in [6.07, 6.45) is 0.700. The standard InChI is InChI=1S/C17H13Cl2N3O3/c1-9(2)25-17(24)22-14(13-10(18)5-3-6-11(13)19)16(23)21-12-7-4-8-20-15(12)22/h3-8,14H,1H2,2H3,(H,21,23). The molecule has 1 aliphatic heterocycles. The van der Waals surface area contributed by atoms with Gasteiger partial charge in [0.2, 0.25) is 0 Å². The predicted molar refractivity (Wildman–Crippen MR) is 95.8 cm³/mol. The zero-order chi connectivity index (χ0) is 18.1. The maximum atomic E-state index is 12.7. The highest BCUT2D eigenvalue weighted by Gasteiger charge is 2.42. The first-order chi connectivity index (χ1) is 11.9. The smallest absolute Gasteiger partial charge is 0.415 e. The third-order valence-corrected chi connectivity index (χ3v) is 4.17. The van der Waals surface area contributed by atoms with Crippen LogP contribution >= 0.6 is 23.2 Å². The highest BCUT2D eigenvalue weighted by atomic mass is 35.5. The number of amides is 2. The molecule has 0 bridgehead atoms. The van der Waals surface area contributed by atoms with Crippen LogP contribution in [0.1, 0.15) is 18.5 Å². The fourth-order valence-electron chi connectivity index (χ4n) is 2.55. The number of halogens is 2. The Balaban J connectivity index is 2.20. The molecule has 8 heteroatoms. The molecule has 1 aromatic carbocycles. The molecule has 1 unspecified atom stereocenters. The molecular weight excluding hydrogens is 365 g/mol. The van der Waals surface area contributed by atoms with Gasteiger partial charge in [-0.05, 0) is 31.2 Å². The fourth-order valence-corrected chi connectivity index (χ4v) is 3.15. The Bertz CT molecular complexity index is 865. The van der Waals surface area contributed by atoms with Crippen LogP contribution < -0.4 is 10.2 Å². The van der Waals surface area contributed by atoms with Gasteiger partial charge in [-0.2, -0.15) is 0 Å². The lowest BCUT2D eigenvalue weighted by Crippen LogP contribution is -2.46. The van der Waals surface area contributed by atoms with Gasteiger partial charge in [-0.3, -0.25) is 4.79 Å². The molecule has 6 nitrogen and oxygen atoms in total. The number of anilines is 2. The average Bonchev–Trinajstić information content (AvgIpc) is 2.54. The number of hydrogen-bond acceptors (Lipinski definition) is 4. The molecule has 2 amide bonds. The maximum Gasteiger partial charge on any atom is 0.421 e. The lowest BCUT2D eigenvalue weighted by Gasteiger charge is -2.35. The van der Waals surface area contributed by atoms with Crippen LogP contribution in [0.25, 0.3) is 0 Å². The molecule has 0 aliphatic carbocycles. The van der Waals surface area contributed by atoms with Gasteiger partial charge in [-0.1, -0.05) is 35.8 Å². The van der Waals surface area contributed by atoms with Crippen molar-refractivity contribution in [1.82, 2.24) is 4.98 Å². The number of pyridine rings is 1. The minimum atomic E-state index is -1.13. The van der Waals surface area contributed by atoms with Crippen molar-refractivity contribution >= 4 is 46.7 Å². The minimum absolute atomic E-state index is 0.178. The zero-order valence-electron chi connectivity index (χ0n) is 13.1. The second-order valence-electron chi connectivity index (χ2n) is 5.34. The number of ether oxygens (including phenoxy) is 1. The first-order valence-electron chi connectivity index (χ1n) is 7.26. The number of nitrogens with zero attached hydrogens (tertiary/aromatic N) is 2. The van der Waals surface area contributed by atoms with Crippen molar-refractivity contribution in [3.63, 3.8) is 0 Å². The molecule has 0 fully saturated rings. The summed E-state index contributed by atoms with van der Waals surface area (Å²) in [5, 5.41) is 3.21. The summed E-state index contributed by atoms with van der Waals surface area (Å²) in [6, 6.07) is 6.97. The Kier molecular flexibility index (Phi) is 4.65. The van der Waals surface area contributed by atoms with Crippen molar-refractivity contribution in [2.45, 2.75) is 13.0 Å². The summed E-state index contributed by atoms with van der Waals surface area (Å²) in [5.74, 6) is -0.0685. The monoisotopic (exact) mass is 377 g/mol. The van der Waals surface area contributed by atoms with Gasteiger partial charge >= 0.3 is 6.09 Å². The van der Waals surface area contributed by atoms with Crippen molar-refractivity contribution in [3.8, 4) is 0 Å². The molecule has 2 heterocycles. The molecule has 0 radical (unpaired) electrons. The van der Waals surface area contributed by atoms with E-state index in [2.05, 4.69) is 16.9 Å². The van der Waals surface area contributed by atoms with Gasteiger partial charge < -0.3 is 10.1 Å². The van der Waals surface area contributed by atoms with Crippen molar-refractivity contribution < 1.29 is 14.3 Å². The van der Waals surface area contributed by atoms with Crippen LogP contribution in [0, 0.1) is 0 Å². The second kappa shape index (κ2) is 6.74. The van der Waals surface area contributed by atoms with E-state index < -0.39 is 18.0 Å². The van der Waals surface area contributed by atoms with Gasteiger partial charge in [0.15, 0.2) is 5.82 Å². The Morgan fingerprint density at radius 2 is 1.96 bits per heavy atom. The third-order valence-electron chi connectivity index (χ3n) is 3.51. The Morgan fingerprint density at radius 1 is 1.28 bits per heavy atom. The summed E-state index contributed by atoms with van der Waals surface area (Å²) in [6.45, 7) is 5.08. The zero-order valence-corrected chi connectivity index (χ0v) is 14.6. The largest absolute Gasteiger partial charge is 0.421 e.